The highest BCUT2D eigenvalue weighted by atomic mass is 79.9. The molecule has 90 valence electrons. The fraction of sp³-hybridized carbons (Fsp3) is 0.308. The lowest BCUT2D eigenvalue weighted by Crippen LogP contribution is -1.98. The molecule has 0 amide bonds. The monoisotopic (exact) mass is 294 g/mol. The number of aromatic nitrogens is 2. The van der Waals surface area contributed by atoms with Gasteiger partial charge in [-0.1, -0.05) is 6.07 Å². The van der Waals surface area contributed by atoms with E-state index in [4.69, 9.17) is 5.11 Å². The molecule has 0 fully saturated rings. The summed E-state index contributed by atoms with van der Waals surface area (Å²) in [6.07, 6.45) is 2.50. The van der Waals surface area contributed by atoms with Crippen LogP contribution in [0.4, 0.5) is 0 Å². The number of hydrogen-bond donors (Lipinski definition) is 1. The summed E-state index contributed by atoms with van der Waals surface area (Å²) in [5, 5.41) is 13.4. The van der Waals surface area contributed by atoms with Gasteiger partial charge in [-0.3, -0.25) is 0 Å². The third-order valence-corrected chi connectivity index (χ3v) is 3.22. The summed E-state index contributed by atoms with van der Waals surface area (Å²) in [5.74, 6) is 0. The third-order valence-electron chi connectivity index (χ3n) is 2.56. The van der Waals surface area contributed by atoms with Gasteiger partial charge in [0.2, 0.25) is 0 Å². The van der Waals surface area contributed by atoms with Crippen LogP contribution in [-0.2, 0) is 6.42 Å². The van der Waals surface area contributed by atoms with Gasteiger partial charge in [0.05, 0.1) is 15.9 Å². The standard InChI is InChI=1S/C13H15BrN2O/c1-9-5-10(2)7-11(6-9)16-8-12(14)13(15-16)3-4-17/h5-8,17H,3-4H2,1-2H3. The van der Waals surface area contributed by atoms with Crippen LogP contribution < -0.4 is 0 Å². The smallest absolute Gasteiger partial charge is 0.0793 e. The lowest BCUT2D eigenvalue weighted by Gasteiger charge is -2.04. The molecule has 0 atom stereocenters. The van der Waals surface area contributed by atoms with E-state index in [9.17, 15) is 0 Å². The molecule has 0 bridgehead atoms. The van der Waals surface area contributed by atoms with Crippen LogP contribution in [0.15, 0.2) is 28.9 Å². The fourth-order valence-electron chi connectivity index (χ4n) is 1.88. The van der Waals surface area contributed by atoms with Crippen molar-refractivity contribution in [3.63, 3.8) is 0 Å². The van der Waals surface area contributed by atoms with E-state index >= 15 is 0 Å². The van der Waals surface area contributed by atoms with E-state index in [-0.39, 0.29) is 6.61 Å². The fourth-order valence-corrected chi connectivity index (χ4v) is 2.35. The van der Waals surface area contributed by atoms with Crippen molar-refractivity contribution in [2.45, 2.75) is 20.3 Å². The molecule has 2 aromatic rings. The predicted octanol–water partition coefficient (Wildman–Crippen LogP) is 2.79. The summed E-state index contributed by atoms with van der Waals surface area (Å²) in [4.78, 5) is 0. The van der Waals surface area contributed by atoms with Crippen molar-refractivity contribution in [1.82, 2.24) is 9.78 Å². The average Bonchev–Trinajstić information content (AvgIpc) is 2.60. The second-order valence-corrected chi connectivity index (χ2v) is 5.04. The molecule has 0 unspecified atom stereocenters. The molecule has 1 aromatic carbocycles. The summed E-state index contributed by atoms with van der Waals surface area (Å²) in [6, 6.07) is 6.32. The molecular formula is C13H15BrN2O. The van der Waals surface area contributed by atoms with Crippen molar-refractivity contribution >= 4 is 15.9 Å². The van der Waals surface area contributed by atoms with Crippen LogP contribution >= 0.6 is 15.9 Å². The molecular weight excluding hydrogens is 280 g/mol. The molecule has 0 saturated heterocycles. The van der Waals surface area contributed by atoms with Crippen molar-refractivity contribution in [2.75, 3.05) is 6.61 Å². The highest BCUT2D eigenvalue weighted by Gasteiger charge is 2.07. The number of hydrogen-bond acceptors (Lipinski definition) is 2. The van der Waals surface area contributed by atoms with Gasteiger partial charge >= 0.3 is 0 Å². The van der Waals surface area contributed by atoms with E-state index in [1.54, 1.807) is 0 Å². The number of halogens is 1. The van der Waals surface area contributed by atoms with Crippen molar-refractivity contribution < 1.29 is 5.11 Å². The third kappa shape index (κ3) is 2.76. The van der Waals surface area contributed by atoms with Crippen molar-refractivity contribution in [2.24, 2.45) is 0 Å². The summed E-state index contributed by atoms with van der Waals surface area (Å²) in [6.45, 7) is 4.26. The van der Waals surface area contributed by atoms with Gasteiger partial charge in [-0.2, -0.15) is 5.10 Å². The van der Waals surface area contributed by atoms with Gasteiger partial charge in [0, 0.05) is 19.2 Å². The second-order valence-electron chi connectivity index (χ2n) is 4.19. The van der Waals surface area contributed by atoms with Crippen LogP contribution in [-0.4, -0.2) is 21.5 Å². The van der Waals surface area contributed by atoms with Gasteiger partial charge in [0.15, 0.2) is 0 Å². The first-order chi connectivity index (χ1) is 8.10. The second kappa shape index (κ2) is 5.02. The molecule has 0 aliphatic rings. The Balaban J connectivity index is 2.42. The quantitative estimate of drug-likeness (QED) is 0.945. The minimum atomic E-state index is 0.114. The van der Waals surface area contributed by atoms with Crippen molar-refractivity contribution in [3.05, 3.63) is 45.7 Å². The van der Waals surface area contributed by atoms with Crippen molar-refractivity contribution in [3.8, 4) is 5.69 Å². The lowest BCUT2D eigenvalue weighted by atomic mass is 10.1. The minimum absolute atomic E-state index is 0.114. The first kappa shape index (κ1) is 12.3. The first-order valence-electron chi connectivity index (χ1n) is 5.53. The van der Waals surface area contributed by atoms with E-state index in [0.29, 0.717) is 6.42 Å². The van der Waals surface area contributed by atoms with E-state index in [0.717, 1.165) is 15.9 Å². The summed E-state index contributed by atoms with van der Waals surface area (Å²) in [7, 11) is 0. The number of benzene rings is 1. The maximum absolute atomic E-state index is 8.94. The molecule has 3 nitrogen and oxygen atoms in total. The number of aryl methyl sites for hydroxylation is 2. The summed E-state index contributed by atoms with van der Waals surface area (Å²) in [5.41, 5.74) is 4.37. The maximum Gasteiger partial charge on any atom is 0.0793 e. The van der Waals surface area contributed by atoms with Gasteiger partial charge < -0.3 is 5.11 Å². The zero-order chi connectivity index (χ0) is 12.4. The normalized spacial score (nSPS) is 10.8. The zero-order valence-corrected chi connectivity index (χ0v) is 11.5. The van der Waals surface area contributed by atoms with Crippen LogP contribution in [0.1, 0.15) is 16.8 Å². The minimum Gasteiger partial charge on any atom is -0.396 e. The lowest BCUT2D eigenvalue weighted by molar-refractivity contribution is 0.298. The van der Waals surface area contributed by atoms with Crippen LogP contribution in [0, 0.1) is 13.8 Å². The molecule has 1 N–H and O–H groups in total. The Morgan fingerprint density at radius 2 is 1.88 bits per heavy atom. The molecule has 2 rings (SSSR count). The Labute approximate surface area is 109 Å². The van der Waals surface area contributed by atoms with E-state index < -0.39 is 0 Å². The van der Waals surface area contributed by atoms with E-state index in [1.807, 2.05) is 10.9 Å². The van der Waals surface area contributed by atoms with Crippen molar-refractivity contribution in [1.29, 1.82) is 0 Å². The van der Waals surface area contributed by atoms with Crippen LogP contribution in [0.25, 0.3) is 5.69 Å². The SMILES string of the molecule is Cc1cc(C)cc(-n2cc(Br)c(CCO)n2)c1. The van der Waals surface area contributed by atoms with Gasteiger partial charge in [0.1, 0.15) is 0 Å². The summed E-state index contributed by atoms with van der Waals surface area (Å²) < 4.78 is 2.78. The number of nitrogens with zero attached hydrogens (tertiary/aromatic N) is 2. The Hall–Kier alpha value is -1.13. The Bertz CT molecular complexity index is 514. The van der Waals surface area contributed by atoms with Gasteiger partial charge in [0.25, 0.3) is 0 Å². The van der Waals surface area contributed by atoms with Crippen LogP contribution in [0.5, 0.6) is 0 Å². The van der Waals surface area contributed by atoms with Gasteiger partial charge in [-0.05, 0) is 53.0 Å². The van der Waals surface area contributed by atoms with Crippen LogP contribution in [0.3, 0.4) is 0 Å². The molecule has 0 aliphatic carbocycles. The summed E-state index contributed by atoms with van der Waals surface area (Å²) >= 11 is 3.46. The molecule has 0 aliphatic heterocycles. The van der Waals surface area contributed by atoms with E-state index in [1.165, 1.54) is 11.1 Å². The number of rotatable bonds is 3. The molecule has 0 saturated carbocycles. The predicted molar refractivity (Wildman–Crippen MR) is 71.5 cm³/mol. The maximum atomic E-state index is 8.94. The van der Waals surface area contributed by atoms with E-state index in [2.05, 4.69) is 53.1 Å². The molecule has 0 radical (unpaired) electrons. The highest BCUT2D eigenvalue weighted by molar-refractivity contribution is 9.10. The van der Waals surface area contributed by atoms with Gasteiger partial charge in [-0.25, -0.2) is 4.68 Å². The zero-order valence-electron chi connectivity index (χ0n) is 9.94. The Morgan fingerprint density at radius 3 is 2.47 bits per heavy atom. The number of aliphatic hydroxyl groups is 1. The highest BCUT2D eigenvalue weighted by Crippen LogP contribution is 2.20. The van der Waals surface area contributed by atoms with Gasteiger partial charge in [-0.15, -0.1) is 0 Å². The number of aliphatic hydroxyl groups excluding tert-OH is 1. The first-order valence-corrected chi connectivity index (χ1v) is 6.33. The average molecular weight is 295 g/mol. The molecule has 1 heterocycles. The topological polar surface area (TPSA) is 38.0 Å². The molecule has 1 aromatic heterocycles. The molecule has 17 heavy (non-hydrogen) atoms. The Kier molecular flexibility index (Phi) is 3.64. The largest absolute Gasteiger partial charge is 0.396 e. The molecule has 4 heteroatoms. The van der Waals surface area contributed by atoms with Crippen LogP contribution in [0.2, 0.25) is 0 Å². The Morgan fingerprint density at radius 1 is 1.24 bits per heavy atom. The molecule has 0 spiro atoms.